The number of ether oxygens (including phenoxy) is 2. The zero-order valence-electron chi connectivity index (χ0n) is 11.0. The molecule has 0 aliphatic heterocycles. The van der Waals surface area contributed by atoms with E-state index in [9.17, 15) is 9.59 Å². The summed E-state index contributed by atoms with van der Waals surface area (Å²) in [6.45, 7) is 0.634. The van der Waals surface area contributed by atoms with Crippen molar-refractivity contribution in [3.8, 4) is 0 Å². The molecule has 0 aliphatic rings. The van der Waals surface area contributed by atoms with Crippen LogP contribution in [0.4, 0.5) is 0 Å². The quantitative estimate of drug-likeness (QED) is 0.773. The van der Waals surface area contributed by atoms with E-state index in [1.54, 1.807) is 35.3 Å². The van der Waals surface area contributed by atoms with Crippen molar-refractivity contribution in [1.29, 1.82) is 0 Å². The molecule has 0 aliphatic carbocycles. The van der Waals surface area contributed by atoms with Crippen molar-refractivity contribution < 1.29 is 19.1 Å². The highest BCUT2D eigenvalue weighted by Gasteiger charge is 2.17. The number of benzene rings is 1. The zero-order chi connectivity index (χ0) is 14.4. The van der Waals surface area contributed by atoms with Crippen molar-refractivity contribution >= 4 is 11.9 Å². The first-order valence-corrected chi connectivity index (χ1v) is 6.04. The average Bonchev–Trinajstić information content (AvgIpc) is 2.99. The van der Waals surface area contributed by atoms with Crippen molar-refractivity contribution in [2.75, 3.05) is 13.7 Å². The predicted octanol–water partition coefficient (Wildman–Crippen LogP) is 1.53. The van der Waals surface area contributed by atoms with Gasteiger partial charge in [-0.3, -0.25) is 4.68 Å². The highest BCUT2D eigenvalue weighted by atomic mass is 16.5. The van der Waals surface area contributed by atoms with Crippen LogP contribution in [0.15, 0.2) is 42.7 Å². The summed E-state index contributed by atoms with van der Waals surface area (Å²) in [5.74, 6) is -1.12. The van der Waals surface area contributed by atoms with Crippen LogP contribution in [0.1, 0.15) is 20.7 Å². The van der Waals surface area contributed by atoms with Crippen LogP contribution in [0.5, 0.6) is 0 Å². The van der Waals surface area contributed by atoms with Crippen LogP contribution in [0.3, 0.4) is 0 Å². The number of rotatable bonds is 5. The van der Waals surface area contributed by atoms with Gasteiger partial charge in [0, 0.05) is 12.4 Å². The smallest absolute Gasteiger partial charge is 0.339 e. The third kappa shape index (κ3) is 3.23. The van der Waals surface area contributed by atoms with Gasteiger partial charge < -0.3 is 9.47 Å². The molecule has 0 spiro atoms. The van der Waals surface area contributed by atoms with E-state index >= 15 is 0 Å². The summed E-state index contributed by atoms with van der Waals surface area (Å²) in [5, 5.41) is 4.00. The summed E-state index contributed by atoms with van der Waals surface area (Å²) in [7, 11) is 1.27. The number of methoxy groups -OCH3 is 1. The Kier molecular flexibility index (Phi) is 4.49. The maximum atomic E-state index is 12.0. The second-order valence-corrected chi connectivity index (χ2v) is 3.94. The molecule has 0 radical (unpaired) electrons. The van der Waals surface area contributed by atoms with E-state index < -0.39 is 11.9 Å². The lowest BCUT2D eigenvalue weighted by molar-refractivity contribution is 0.0471. The van der Waals surface area contributed by atoms with E-state index in [1.165, 1.54) is 19.2 Å². The summed E-state index contributed by atoms with van der Waals surface area (Å²) < 4.78 is 11.4. The SMILES string of the molecule is COC(=O)c1ccccc1C(=O)OCCn1cccn1. The van der Waals surface area contributed by atoms with Gasteiger partial charge >= 0.3 is 11.9 Å². The van der Waals surface area contributed by atoms with Crippen LogP contribution in [-0.2, 0) is 16.0 Å². The summed E-state index contributed by atoms with van der Waals surface area (Å²) >= 11 is 0. The topological polar surface area (TPSA) is 70.4 Å². The third-order valence-corrected chi connectivity index (χ3v) is 2.67. The number of carbonyl (C=O) groups excluding carboxylic acids is 2. The second-order valence-electron chi connectivity index (χ2n) is 3.94. The van der Waals surface area contributed by atoms with Crippen LogP contribution >= 0.6 is 0 Å². The number of hydrogen-bond acceptors (Lipinski definition) is 5. The Morgan fingerprint density at radius 3 is 2.45 bits per heavy atom. The molecule has 0 fully saturated rings. The van der Waals surface area contributed by atoms with Gasteiger partial charge in [0.05, 0.1) is 24.8 Å². The van der Waals surface area contributed by atoms with Gasteiger partial charge in [-0.2, -0.15) is 5.10 Å². The molecule has 2 rings (SSSR count). The molecule has 0 unspecified atom stereocenters. The fourth-order valence-corrected chi connectivity index (χ4v) is 1.69. The van der Waals surface area contributed by atoms with Crippen LogP contribution in [0.2, 0.25) is 0 Å². The summed E-state index contributed by atoms with van der Waals surface area (Å²) in [5.41, 5.74) is 0.388. The van der Waals surface area contributed by atoms with Gasteiger partial charge in [-0.05, 0) is 18.2 Å². The van der Waals surface area contributed by atoms with Crippen molar-refractivity contribution in [1.82, 2.24) is 9.78 Å². The van der Waals surface area contributed by atoms with E-state index in [-0.39, 0.29) is 17.7 Å². The van der Waals surface area contributed by atoms with Gasteiger partial charge in [-0.15, -0.1) is 0 Å². The molecule has 0 saturated heterocycles. The standard InChI is InChI=1S/C14H14N2O4/c1-19-13(17)11-5-2-3-6-12(11)14(18)20-10-9-16-8-4-7-15-16/h2-8H,9-10H2,1H3. The Labute approximate surface area is 115 Å². The lowest BCUT2D eigenvalue weighted by atomic mass is 10.1. The zero-order valence-corrected chi connectivity index (χ0v) is 11.0. The van der Waals surface area contributed by atoms with Gasteiger partial charge in [0.2, 0.25) is 0 Å². The molecule has 1 aromatic heterocycles. The summed E-state index contributed by atoms with van der Waals surface area (Å²) in [4.78, 5) is 23.5. The third-order valence-electron chi connectivity index (χ3n) is 2.67. The predicted molar refractivity (Wildman–Crippen MR) is 70.3 cm³/mol. The Morgan fingerprint density at radius 1 is 1.15 bits per heavy atom. The number of aromatic nitrogens is 2. The number of esters is 2. The van der Waals surface area contributed by atoms with Crippen LogP contribution < -0.4 is 0 Å². The van der Waals surface area contributed by atoms with Gasteiger partial charge in [0.25, 0.3) is 0 Å². The first-order valence-electron chi connectivity index (χ1n) is 6.04. The van der Waals surface area contributed by atoms with Crippen molar-refractivity contribution in [3.63, 3.8) is 0 Å². The molecular weight excluding hydrogens is 260 g/mol. The van der Waals surface area contributed by atoms with Crippen molar-refractivity contribution in [3.05, 3.63) is 53.9 Å². The molecular formula is C14H14N2O4. The number of nitrogens with zero attached hydrogens (tertiary/aromatic N) is 2. The largest absolute Gasteiger partial charge is 0.465 e. The highest BCUT2D eigenvalue weighted by molar-refractivity contribution is 6.03. The first-order chi connectivity index (χ1) is 9.72. The van der Waals surface area contributed by atoms with E-state index in [1.807, 2.05) is 0 Å². The van der Waals surface area contributed by atoms with Gasteiger partial charge in [-0.1, -0.05) is 12.1 Å². The minimum absolute atomic E-state index is 0.177. The molecule has 2 aromatic rings. The molecule has 1 heterocycles. The fraction of sp³-hybridized carbons (Fsp3) is 0.214. The summed E-state index contributed by atoms with van der Waals surface area (Å²) in [6, 6.07) is 8.16. The molecule has 104 valence electrons. The molecule has 0 bridgehead atoms. The maximum Gasteiger partial charge on any atom is 0.339 e. The van der Waals surface area contributed by atoms with E-state index in [4.69, 9.17) is 4.74 Å². The van der Waals surface area contributed by atoms with Gasteiger partial charge in [0.1, 0.15) is 6.61 Å². The summed E-state index contributed by atoms with van der Waals surface area (Å²) in [6.07, 6.45) is 3.42. The fourth-order valence-electron chi connectivity index (χ4n) is 1.69. The molecule has 0 saturated carbocycles. The maximum absolute atomic E-state index is 12.0. The van der Waals surface area contributed by atoms with E-state index in [0.717, 1.165) is 0 Å². The van der Waals surface area contributed by atoms with Crippen molar-refractivity contribution in [2.24, 2.45) is 0 Å². The number of carbonyl (C=O) groups is 2. The van der Waals surface area contributed by atoms with Crippen LogP contribution in [0.25, 0.3) is 0 Å². The number of hydrogen-bond donors (Lipinski definition) is 0. The molecule has 1 aromatic carbocycles. The Balaban J connectivity index is 2.00. The minimum atomic E-state index is -0.565. The molecule has 0 atom stereocenters. The Bertz CT molecular complexity index is 593. The van der Waals surface area contributed by atoms with Gasteiger partial charge in [0.15, 0.2) is 0 Å². The molecule has 6 heteroatoms. The molecule has 20 heavy (non-hydrogen) atoms. The Hall–Kier alpha value is -2.63. The lowest BCUT2D eigenvalue weighted by Gasteiger charge is -2.08. The minimum Gasteiger partial charge on any atom is -0.465 e. The van der Waals surface area contributed by atoms with E-state index in [2.05, 4.69) is 9.84 Å². The molecule has 0 amide bonds. The second kappa shape index (κ2) is 6.51. The average molecular weight is 274 g/mol. The lowest BCUT2D eigenvalue weighted by Crippen LogP contribution is -2.15. The van der Waals surface area contributed by atoms with Gasteiger partial charge in [-0.25, -0.2) is 9.59 Å². The highest BCUT2D eigenvalue weighted by Crippen LogP contribution is 2.11. The van der Waals surface area contributed by atoms with E-state index in [0.29, 0.717) is 6.54 Å². The molecule has 6 nitrogen and oxygen atoms in total. The van der Waals surface area contributed by atoms with Crippen LogP contribution in [0, 0.1) is 0 Å². The first kappa shape index (κ1) is 13.8. The monoisotopic (exact) mass is 274 g/mol. The normalized spacial score (nSPS) is 10.1. The Morgan fingerprint density at radius 2 is 1.85 bits per heavy atom. The van der Waals surface area contributed by atoms with Crippen LogP contribution in [-0.4, -0.2) is 35.4 Å². The molecule has 0 N–H and O–H groups in total. The van der Waals surface area contributed by atoms with Crippen molar-refractivity contribution in [2.45, 2.75) is 6.54 Å².